The molecule has 1 amide bonds. The first-order valence-electron chi connectivity index (χ1n) is 6.75. The van der Waals surface area contributed by atoms with Crippen molar-refractivity contribution in [3.05, 3.63) is 58.1 Å². The van der Waals surface area contributed by atoms with E-state index in [1.807, 2.05) is 0 Å². The fourth-order valence-electron chi connectivity index (χ4n) is 1.95. The third kappa shape index (κ3) is 5.04. The number of carbonyl (C=O) groups excluding carboxylic acids is 1. The minimum absolute atomic E-state index is 0.175. The first-order chi connectivity index (χ1) is 11.6. The molecular formula is C15H12Cl2F2N2O3S. The average Bonchev–Trinajstić information content (AvgIpc) is 2.50. The predicted molar refractivity (Wildman–Crippen MR) is 93.6 cm³/mol. The van der Waals surface area contributed by atoms with E-state index in [1.165, 1.54) is 18.2 Å². The second kappa shape index (κ2) is 7.55. The van der Waals surface area contributed by atoms with Crippen LogP contribution in [0.3, 0.4) is 0 Å². The van der Waals surface area contributed by atoms with Gasteiger partial charge in [-0.25, -0.2) is 17.2 Å². The first-order valence-corrected chi connectivity index (χ1v) is 9.36. The summed E-state index contributed by atoms with van der Waals surface area (Å²) in [5, 5.41) is 2.95. The van der Waals surface area contributed by atoms with Gasteiger partial charge >= 0.3 is 0 Å². The summed E-state index contributed by atoms with van der Waals surface area (Å²) >= 11 is 11.6. The van der Waals surface area contributed by atoms with E-state index in [0.717, 1.165) is 18.4 Å². The SMILES string of the molecule is CS(=O)(=O)N(CC(=O)Nc1ccc(Cl)c(Cl)c1)c1ccc(F)c(F)c1. The number of sulfonamides is 1. The summed E-state index contributed by atoms with van der Waals surface area (Å²) in [5.74, 6) is -3.05. The highest BCUT2D eigenvalue weighted by molar-refractivity contribution is 7.92. The monoisotopic (exact) mass is 408 g/mol. The maximum absolute atomic E-state index is 13.4. The molecule has 5 nitrogen and oxygen atoms in total. The van der Waals surface area contributed by atoms with Gasteiger partial charge < -0.3 is 5.32 Å². The average molecular weight is 409 g/mol. The molecule has 2 aromatic rings. The van der Waals surface area contributed by atoms with Gasteiger partial charge in [-0.2, -0.15) is 0 Å². The van der Waals surface area contributed by atoms with Crippen LogP contribution >= 0.6 is 23.2 Å². The van der Waals surface area contributed by atoms with E-state index < -0.39 is 34.1 Å². The van der Waals surface area contributed by atoms with E-state index in [0.29, 0.717) is 21.1 Å². The second-order valence-corrected chi connectivity index (χ2v) is 7.77. The van der Waals surface area contributed by atoms with Gasteiger partial charge in [-0.15, -0.1) is 0 Å². The van der Waals surface area contributed by atoms with Crippen LogP contribution in [-0.2, 0) is 14.8 Å². The Bertz CT molecular complexity index is 923. The molecule has 0 saturated carbocycles. The number of hydrogen-bond acceptors (Lipinski definition) is 3. The number of nitrogens with zero attached hydrogens (tertiary/aromatic N) is 1. The fraction of sp³-hybridized carbons (Fsp3) is 0.133. The van der Waals surface area contributed by atoms with Crippen LogP contribution in [-0.4, -0.2) is 27.1 Å². The quantitative estimate of drug-likeness (QED) is 0.820. The Morgan fingerprint density at radius 3 is 2.32 bits per heavy atom. The molecule has 25 heavy (non-hydrogen) atoms. The van der Waals surface area contributed by atoms with E-state index in [1.54, 1.807) is 0 Å². The molecule has 10 heteroatoms. The fourth-order valence-corrected chi connectivity index (χ4v) is 3.09. The van der Waals surface area contributed by atoms with Gasteiger partial charge in [-0.3, -0.25) is 9.10 Å². The molecule has 1 N–H and O–H groups in total. The molecule has 134 valence electrons. The summed E-state index contributed by atoms with van der Waals surface area (Å²) in [6.45, 7) is -0.635. The van der Waals surface area contributed by atoms with Crippen LogP contribution in [0, 0.1) is 11.6 Å². The largest absolute Gasteiger partial charge is 0.324 e. The van der Waals surface area contributed by atoms with E-state index in [-0.39, 0.29) is 10.7 Å². The molecule has 0 radical (unpaired) electrons. The Morgan fingerprint density at radius 2 is 1.76 bits per heavy atom. The van der Waals surface area contributed by atoms with Crippen molar-refractivity contribution in [2.24, 2.45) is 0 Å². The Balaban J connectivity index is 2.23. The van der Waals surface area contributed by atoms with Crippen molar-refractivity contribution in [1.82, 2.24) is 0 Å². The zero-order valence-electron chi connectivity index (χ0n) is 12.8. The lowest BCUT2D eigenvalue weighted by atomic mass is 10.3. The highest BCUT2D eigenvalue weighted by atomic mass is 35.5. The van der Waals surface area contributed by atoms with Crippen molar-refractivity contribution in [1.29, 1.82) is 0 Å². The third-order valence-electron chi connectivity index (χ3n) is 3.08. The second-order valence-electron chi connectivity index (χ2n) is 5.05. The summed E-state index contributed by atoms with van der Waals surface area (Å²) < 4.78 is 50.9. The molecule has 0 spiro atoms. The predicted octanol–water partition coefficient (Wildman–Crippen LogP) is 3.68. The van der Waals surface area contributed by atoms with Crippen molar-refractivity contribution in [3.8, 4) is 0 Å². The molecule has 0 atom stereocenters. The number of rotatable bonds is 5. The lowest BCUT2D eigenvalue weighted by Crippen LogP contribution is -2.37. The molecule has 0 bridgehead atoms. The zero-order chi connectivity index (χ0) is 18.8. The highest BCUT2D eigenvalue weighted by Crippen LogP contribution is 2.25. The van der Waals surface area contributed by atoms with E-state index in [2.05, 4.69) is 5.32 Å². The minimum Gasteiger partial charge on any atom is -0.324 e. The molecule has 0 unspecified atom stereocenters. The van der Waals surface area contributed by atoms with Crippen LogP contribution < -0.4 is 9.62 Å². The Labute approximate surface area is 153 Å². The summed E-state index contributed by atoms with van der Waals surface area (Å²) in [6.07, 6.45) is 0.848. The molecule has 0 aromatic heterocycles. The zero-order valence-corrected chi connectivity index (χ0v) is 15.1. The summed E-state index contributed by atoms with van der Waals surface area (Å²) in [7, 11) is -3.91. The summed E-state index contributed by atoms with van der Waals surface area (Å²) in [6, 6.07) is 6.87. The van der Waals surface area contributed by atoms with Gasteiger partial charge in [0.2, 0.25) is 15.9 Å². The smallest absolute Gasteiger partial charge is 0.245 e. The molecule has 0 aliphatic heterocycles. The number of carbonyl (C=O) groups is 1. The van der Waals surface area contributed by atoms with Gasteiger partial charge in [0.1, 0.15) is 6.54 Å². The van der Waals surface area contributed by atoms with Crippen molar-refractivity contribution < 1.29 is 22.0 Å². The van der Waals surface area contributed by atoms with Gasteiger partial charge in [-0.1, -0.05) is 23.2 Å². The standard InChI is InChI=1S/C15H12Cl2F2N2O3S/c1-25(23,24)21(10-3-5-13(18)14(19)7-10)8-15(22)20-9-2-4-11(16)12(17)6-9/h2-7H,8H2,1H3,(H,20,22). The number of anilines is 2. The number of hydrogen-bond donors (Lipinski definition) is 1. The Kier molecular flexibility index (Phi) is 5.87. The van der Waals surface area contributed by atoms with Crippen LogP contribution in [0.5, 0.6) is 0 Å². The molecule has 0 heterocycles. The van der Waals surface area contributed by atoms with Crippen LogP contribution in [0.25, 0.3) is 0 Å². The molecular weight excluding hydrogens is 397 g/mol. The number of amides is 1. The maximum Gasteiger partial charge on any atom is 0.245 e. The van der Waals surface area contributed by atoms with Crippen LogP contribution in [0.1, 0.15) is 0 Å². The summed E-state index contributed by atoms with van der Waals surface area (Å²) in [5.41, 5.74) is 0.129. The molecule has 2 aromatic carbocycles. The normalized spacial score (nSPS) is 11.2. The minimum atomic E-state index is -3.91. The van der Waals surface area contributed by atoms with Crippen molar-refractivity contribution in [2.45, 2.75) is 0 Å². The van der Waals surface area contributed by atoms with E-state index in [4.69, 9.17) is 23.2 Å². The lowest BCUT2D eigenvalue weighted by Gasteiger charge is -2.22. The lowest BCUT2D eigenvalue weighted by molar-refractivity contribution is -0.114. The molecule has 0 aliphatic rings. The van der Waals surface area contributed by atoms with Crippen LogP contribution in [0.15, 0.2) is 36.4 Å². The number of halogens is 4. The number of nitrogens with one attached hydrogen (secondary N) is 1. The first kappa shape index (κ1) is 19.4. The maximum atomic E-state index is 13.4. The van der Waals surface area contributed by atoms with Gasteiger partial charge in [0, 0.05) is 11.8 Å². The molecule has 2 rings (SSSR count). The summed E-state index contributed by atoms with van der Waals surface area (Å²) in [4.78, 5) is 12.1. The van der Waals surface area contributed by atoms with Crippen molar-refractivity contribution >= 4 is 50.5 Å². The molecule has 0 saturated heterocycles. The van der Waals surface area contributed by atoms with Gasteiger partial charge in [-0.05, 0) is 30.3 Å². The topological polar surface area (TPSA) is 66.5 Å². The van der Waals surface area contributed by atoms with Crippen LogP contribution in [0.4, 0.5) is 20.2 Å². The third-order valence-corrected chi connectivity index (χ3v) is 4.96. The van der Waals surface area contributed by atoms with Crippen molar-refractivity contribution in [3.63, 3.8) is 0 Å². The highest BCUT2D eigenvalue weighted by Gasteiger charge is 2.22. The van der Waals surface area contributed by atoms with Gasteiger partial charge in [0.05, 0.1) is 22.0 Å². The number of benzene rings is 2. The Hall–Kier alpha value is -1.90. The van der Waals surface area contributed by atoms with E-state index in [9.17, 15) is 22.0 Å². The van der Waals surface area contributed by atoms with E-state index >= 15 is 0 Å². The van der Waals surface area contributed by atoms with Gasteiger partial charge in [0.15, 0.2) is 11.6 Å². The van der Waals surface area contributed by atoms with Crippen LogP contribution in [0.2, 0.25) is 10.0 Å². The molecule has 0 fully saturated rings. The van der Waals surface area contributed by atoms with Gasteiger partial charge in [0.25, 0.3) is 0 Å². The Morgan fingerprint density at radius 1 is 1.08 bits per heavy atom. The van der Waals surface area contributed by atoms with Crippen molar-refractivity contribution in [2.75, 3.05) is 22.4 Å². The molecule has 0 aliphatic carbocycles.